The molecule has 22 heavy (non-hydrogen) atoms. The molecule has 1 atom stereocenters. The Balaban J connectivity index is 1.58. The van der Waals surface area contributed by atoms with Gasteiger partial charge in [0, 0.05) is 23.3 Å². The molecule has 0 fully saturated rings. The number of hydrogen-bond acceptors (Lipinski definition) is 4. The second-order valence-electron chi connectivity index (χ2n) is 6.44. The number of hydrogen-bond donors (Lipinski definition) is 0. The highest BCUT2D eigenvalue weighted by molar-refractivity contribution is 7.10. The van der Waals surface area contributed by atoms with E-state index in [-0.39, 0.29) is 5.91 Å². The Morgan fingerprint density at radius 3 is 3.09 bits per heavy atom. The summed E-state index contributed by atoms with van der Waals surface area (Å²) in [7, 11) is 0. The van der Waals surface area contributed by atoms with Gasteiger partial charge in [0.25, 0.3) is 5.91 Å². The lowest BCUT2D eigenvalue weighted by Gasteiger charge is -2.28. The molecule has 0 radical (unpaired) electrons. The van der Waals surface area contributed by atoms with Gasteiger partial charge >= 0.3 is 0 Å². The zero-order chi connectivity index (χ0) is 15.3. The van der Waals surface area contributed by atoms with Crippen LogP contribution in [0, 0.1) is 12.8 Å². The molecule has 5 nitrogen and oxygen atoms in total. The van der Waals surface area contributed by atoms with E-state index >= 15 is 0 Å². The Kier molecular flexibility index (Phi) is 3.29. The highest BCUT2D eigenvalue weighted by Gasteiger charge is 2.29. The topological polar surface area (TPSA) is 51.0 Å². The third-order valence-electron chi connectivity index (χ3n) is 4.86. The lowest BCUT2D eigenvalue weighted by molar-refractivity contribution is 0.0705. The number of nitrogens with zero attached hydrogens (tertiary/aromatic N) is 4. The smallest absolute Gasteiger partial charge is 0.255 e. The van der Waals surface area contributed by atoms with Crippen LogP contribution in [0.15, 0.2) is 5.38 Å². The normalized spacial score (nSPS) is 20.6. The quantitative estimate of drug-likeness (QED) is 0.812. The average Bonchev–Trinajstić information content (AvgIpc) is 3.10. The van der Waals surface area contributed by atoms with E-state index in [1.54, 1.807) is 11.3 Å². The molecule has 3 heterocycles. The number of aromatic nitrogens is 3. The summed E-state index contributed by atoms with van der Waals surface area (Å²) < 4.78 is 2.11. The van der Waals surface area contributed by atoms with Gasteiger partial charge in [0.15, 0.2) is 5.82 Å². The van der Waals surface area contributed by atoms with Gasteiger partial charge in [-0.05, 0) is 37.7 Å². The third kappa shape index (κ3) is 2.17. The summed E-state index contributed by atoms with van der Waals surface area (Å²) in [4.78, 5) is 16.2. The summed E-state index contributed by atoms with van der Waals surface area (Å²) in [5.74, 6) is 2.74. The van der Waals surface area contributed by atoms with Gasteiger partial charge in [0.2, 0.25) is 0 Å². The second kappa shape index (κ2) is 5.19. The maximum Gasteiger partial charge on any atom is 0.255 e. The van der Waals surface area contributed by atoms with Crippen LogP contribution in [-0.4, -0.2) is 32.1 Å². The van der Waals surface area contributed by atoms with Crippen molar-refractivity contribution in [3.8, 4) is 0 Å². The molecule has 0 N–H and O–H groups in total. The van der Waals surface area contributed by atoms with Crippen molar-refractivity contribution in [3.05, 3.63) is 33.0 Å². The molecule has 0 bridgehead atoms. The molecule has 0 unspecified atom stereocenters. The fourth-order valence-electron chi connectivity index (χ4n) is 3.50. The molecule has 0 aromatic carbocycles. The van der Waals surface area contributed by atoms with Crippen molar-refractivity contribution < 1.29 is 4.79 Å². The molecule has 1 aliphatic heterocycles. The standard InChI is InChI=1S/C16H20N4OS/c1-10-3-4-12-13(9-22-14(12)7-10)16(21)19-5-6-20-11(2)17-18-15(20)8-19/h9-10H,3-8H2,1-2H3/t10-/m1/s1. The number of fused-ring (bicyclic) bond motifs is 2. The fraction of sp³-hybridized carbons (Fsp3) is 0.562. The first kappa shape index (κ1) is 13.9. The average molecular weight is 316 g/mol. The molecule has 0 spiro atoms. The zero-order valence-corrected chi connectivity index (χ0v) is 13.8. The minimum absolute atomic E-state index is 0.166. The molecule has 6 heteroatoms. The number of aryl methyl sites for hydroxylation is 1. The van der Waals surface area contributed by atoms with Gasteiger partial charge < -0.3 is 9.47 Å². The third-order valence-corrected chi connectivity index (χ3v) is 5.91. The van der Waals surface area contributed by atoms with Gasteiger partial charge in [-0.1, -0.05) is 6.92 Å². The van der Waals surface area contributed by atoms with Crippen molar-refractivity contribution in [1.82, 2.24) is 19.7 Å². The minimum Gasteiger partial charge on any atom is -0.329 e. The molecule has 1 amide bonds. The van der Waals surface area contributed by atoms with E-state index in [4.69, 9.17) is 0 Å². The molecule has 4 rings (SSSR count). The number of carbonyl (C=O) groups excluding carboxylic acids is 1. The lowest BCUT2D eigenvalue weighted by Crippen LogP contribution is -2.39. The second-order valence-corrected chi connectivity index (χ2v) is 7.41. The van der Waals surface area contributed by atoms with Crippen molar-refractivity contribution in [3.63, 3.8) is 0 Å². The summed E-state index contributed by atoms with van der Waals surface area (Å²) in [5.41, 5.74) is 2.23. The van der Waals surface area contributed by atoms with Crippen LogP contribution in [0.25, 0.3) is 0 Å². The van der Waals surface area contributed by atoms with Crippen molar-refractivity contribution in [1.29, 1.82) is 0 Å². The summed E-state index contributed by atoms with van der Waals surface area (Å²) in [6, 6.07) is 0. The number of thiophene rings is 1. The van der Waals surface area contributed by atoms with Crippen LogP contribution in [0.5, 0.6) is 0 Å². The van der Waals surface area contributed by atoms with Gasteiger partial charge in [0.05, 0.1) is 12.1 Å². The predicted octanol–water partition coefficient (Wildman–Crippen LogP) is 2.43. The first-order valence-electron chi connectivity index (χ1n) is 7.90. The Labute approximate surface area is 134 Å². The molecule has 2 aliphatic rings. The maximum absolute atomic E-state index is 12.9. The summed E-state index contributed by atoms with van der Waals surface area (Å²) in [5, 5.41) is 10.4. The summed E-state index contributed by atoms with van der Waals surface area (Å²) in [6.07, 6.45) is 3.36. The van der Waals surface area contributed by atoms with Gasteiger partial charge in [-0.15, -0.1) is 21.5 Å². The summed E-state index contributed by atoms with van der Waals surface area (Å²) >= 11 is 1.76. The zero-order valence-electron chi connectivity index (χ0n) is 13.0. The Morgan fingerprint density at radius 1 is 1.36 bits per heavy atom. The van der Waals surface area contributed by atoms with Gasteiger partial charge in [0.1, 0.15) is 5.82 Å². The molecule has 0 saturated carbocycles. The SMILES string of the molecule is Cc1nnc2n1CCN(C(=O)c1csc3c1CC[C@@H](C)C3)C2. The molecule has 116 valence electrons. The molecule has 2 aromatic rings. The minimum atomic E-state index is 0.166. The number of carbonyl (C=O) groups is 1. The Bertz CT molecular complexity index is 733. The first-order chi connectivity index (χ1) is 10.6. The maximum atomic E-state index is 12.9. The van der Waals surface area contributed by atoms with Crippen molar-refractivity contribution in [2.24, 2.45) is 5.92 Å². The van der Waals surface area contributed by atoms with Crippen molar-refractivity contribution in [2.75, 3.05) is 6.54 Å². The highest BCUT2D eigenvalue weighted by atomic mass is 32.1. The van der Waals surface area contributed by atoms with Gasteiger partial charge in [-0.25, -0.2) is 0 Å². The van der Waals surface area contributed by atoms with Gasteiger partial charge in [-0.3, -0.25) is 4.79 Å². The van der Waals surface area contributed by atoms with Crippen LogP contribution >= 0.6 is 11.3 Å². The van der Waals surface area contributed by atoms with Gasteiger partial charge in [-0.2, -0.15) is 0 Å². The van der Waals surface area contributed by atoms with Crippen molar-refractivity contribution in [2.45, 2.75) is 46.2 Å². The van der Waals surface area contributed by atoms with Crippen LogP contribution in [-0.2, 0) is 25.9 Å². The van der Waals surface area contributed by atoms with E-state index in [0.717, 1.165) is 49.1 Å². The van der Waals surface area contributed by atoms with Crippen LogP contribution < -0.4 is 0 Å². The number of rotatable bonds is 1. The monoisotopic (exact) mass is 316 g/mol. The molecular weight excluding hydrogens is 296 g/mol. The van der Waals surface area contributed by atoms with Crippen LogP contribution in [0.4, 0.5) is 0 Å². The lowest BCUT2D eigenvalue weighted by atomic mass is 9.88. The van der Waals surface area contributed by atoms with E-state index in [9.17, 15) is 4.79 Å². The Morgan fingerprint density at radius 2 is 2.23 bits per heavy atom. The summed E-state index contributed by atoms with van der Waals surface area (Å²) in [6.45, 7) is 6.37. The predicted molar refractivity (Wildman–Crippen MR) is 85.0 cm³/mol. The van der Waals surface area contributed by atoms with Crippen LogP contribution in [0.1, 0.15) is 45.8 Å². The van der Waals surface area contributed by atoms with Crippen LogP contribution in [0.3, 0.4) is 0 Å². The van der Waals surface area contributed by atoms with E-state index < -0.39 is 0 Å². The number of amides is 1. The van der Waals surface area contributed by atoms with Crippen molar-refractivity contribution >= 4 is 17.2 Å². The molecule has 2 aromatic heterocycles. The van der Waals surface area contributed by atoms with E-state index in [2.05, 4.69) is 27.1 Å². The molecular formula is C16H20N4OS. The van der Waals surface area contributed by atoms with E-state index in [1.165, 1.54) is 16.9 Å². The van der Waals surface area contributed by atoms with E-state index in [0.29, 0.717) is 6.54 Å². The molecule has 1 aliphatic carbocycles. The highest BCUT2D eigenvalue weighted by Crippen LogP contribution is 2.33. The van der Waals surface area contributed by atoms with Crippen LogP contribution in [0.2, 0.25) is 0 Å². The largest absolute Gasteiger partial charge is 0.329 e. The Hall–Kier alpha value is -1.69. The molecule has 0 saturated heterocycles. The fourth-order valence-corrected chi connectivity index (χ4v) is 4.74. The first-order valence-corrected chi connectivity index (χ1v) is 8.78. The van der Waals surface area contributed by atoms with E-state index in [1.807, 2.05) is 11.8 Å².